The monoisotopic (exact) mass is 391 g/mol. The standard InChI is InChI=1S/C23H17N7/c1-2-6-18(7-3-1)10-11-19-8-4-5-9-20(19)28-23(29-21-12-14-24-16-26-21)30-22-13-15-25-17-27-22/h1-9,12-17H,(H2,24,25,26,27,28,29,30). The van der Waals surface area contributed by atoms with Crippen LogP contribution >= 0.6 is 0 Å². The van der Waals surface area contributed by atoms with Crippen molar-refractivity contribution in [2.45, 2.75) is 0 Å². The number of hydrogen-bond donors (Lipinski definition) is 2. The lowest BCUT2D eigenvalue weighted by molar-refractivity contribution is 1.14. The second-order valence-electron chi connectivity index (χ2n) is 6.03. The van der Waals surface area contributed by atoms with Crippen molar-refractivity contribution in [3.05, 3.63) is 103 Å². The molecule has 0 amide bonds. The van der Waals surface area contributed by atoms with Crippen molar-refractivity contribution in [3.8, 4) is 11.8 Å². The maximum atomic E-state index is 4.54. The van der Waals surface area contributed by atoms with Crippen LogP contribution in [0.3, 0.4) is 0 Å². The number of guanidine groups is 1. The molecule has 7 nitrogen and oxygen atoms in total. The zero-order valence-corrected chi connectivity index (χ0v) is 15.9. The van der Waals surface area contributed by atoms with Gasteiger partial charge in [-0.2, -0.15) is 4.99 Å². The molecule has 0 spiro atoms. The van der Waals surface area contributed by atoms with Crippen molar-refractivity contribution in [1.29, 1.82) is 0 Å². The van der Waals surface area contributed by atoms with Gasteiger partial charge in [0.25, 0.3) is 0 Å². The van der Waals surface area contributed by atoms with Gasteiger partial charge in [0, 0.05) is 29.6 Å². The van der Waals surface area contributed by atoms with E-state index in [0.29, 0.717) is 17.6 Å². The lowest BCUT2D eigenvalue weighted by Crippen LogP contribution is -2.23. The molecule has 30 heavy (non-hydrogen) atoms. The molecular formula is C23H17N7. The molecule has 2 aromatic carbocycles. The van der Waals surface area contributed by atoms with Crippen LogP contribution in [0.1, 0.15) is 11.1 Å². The summed E-state index contributed by atoms with van der Waals surface area (Å²) in [7, 11) is 0. The van der Waals surface area contributed by atoms with Crippen molar-refractivity contribution in [3.63, 3.8) is 0 Å². The highest BCUT2D eigenvalue weighted by molar-refractivity contribution is 6.04. The van der Waals surface area contributed by atoms with Gasteiger partial charge in [0.1, 0.15) is 18.5 Å². The molecule has 0 unspecified atom stereocenters. The number of benzene rings is 2. The van der Waals surface area contributed by atoms with E-state index in [1.165, 1.54) is 12.7 Å². The Kier molecular flexibility index (Phi) is 5.99. The first kappa shape index (κ1) is 18.8. The number of aromatic nitrogens is 4. The van der Waals surface area contributed by atoms with E-state index >= 15 is 0 Å². The first-order valence-electron chi connectivity index (χ1n) is 9.18. The number of aliphatic imine (C=N–C) groups is 1. The van der Waals surface area contributed by atoms with E-state index in [2.05, 4.69) is 47.4 Å². The van der Waals surface area contributed by atoms with Crippen molar-refractivity contribution in [2.75, 3.05) is 10.6 Å². The summed E-state index contributed by atoms with van der Waals surface area (Å²) in [6.45, 7) is 0. The predicted molar refractivity (Wildman–Crippen MR) is 117 cm³/mol. The van der Waals surface area contributed by atoms with Gasteiger partial charge in [-0.3, -0.25) is 0 Å². The molecule has 4 rings (SSSR count). The van der Waals surface area contributed by atoms with Crippen LogP contribution < -0.4 is 10.6 Å². The molecule has 2 aromatic heterocycles. The van der Waals surface area contributed by atoms with Gasteiger partial charge < -0.3 is 10.6 Å². The average Bonchev–Trinajstić information content (AvgIpc) is 2.80. The molecule has 0 saturated heterocycles. The summed E-state index contributed by atoms with van der Waals surface area (Å²) in [5, 5.41) is 6.45. The van der Waals surface area contributed by atoms with Gasteiger partial charge in [-0.15, -0.1) is 0 Å². The second-order valence-corrected chi connectivity index (χ2v) is 6.03. The number of rotatable bonds is 3. The second kappa shape index (κ2) is 9.57. The minimum absolute atomic E-state index is 0.446. The van der Waals surface area contributed by atoms with Gasteiger partial charge >= 0.3 is 0 Å². The fourth-order valence-corrected chi connectivity index (χ4v) is 2.53. The van der Waals surface area contributed by atoms with Crippen LogP contribution in [0.25, 0.3) is 0 Å². The van der Waals surface area contributed by atoms with Crippen LogP contribution in [0.2, 0.25) is 0 Å². The van der Waals surface area contributed by atoms with Crippen molar-refractivity contribution in [2.24, 2.45) is 4.99 Å². The molecule has 7 heteroatoms. The lowest BCUT2D eigenvalue weighted by atomic mass is 10.1. The molecule has 0 aliphatic carbocycles. The number of hydrogen-bond acceptors (Lipinski definition) is 5. The zero-order chi connectivity index (χ0) is 20.4. The molecule has 0 radical (unpaired) electrons. The Morgan fingerprint density at radius 1 is 0.733 bits per heavy atom. The van der Waals surface area contributed by atoms with E-state index in [1.54, 1.807) is 24.5 Å². The van der Waals surface area contributed by atoms with Crippen molar-refractivity contribution in [1.82, 2.24) is 19.9 Å². The molecular weight excluding hydrogens is 374 g/mol. The number of anilines is 2. The van der Waals surface area contributed by atoms with Gasteiger partial charge in [0.2, 0.25) is 5.96 Å². The van der Waals surface area contributed by atoms with Crippen LogP contribution in [0.15, 0.2) is 96.8 Å². The molecule has 0 aliphatic rings. The minimum Gasteiger partial charge on any atom is -0.325 e. The Bertz CT molecular complexity index is 1180. The van der Waals surface area contributed by atoms with Gasteiger partial charge in [-0.05, 0) is 30.3 Å². The Morgan fingerprint density at radius 2 is 1.50 bits per heavy atom. The largest absolute Gasteiger partial charge is 0.325 e. The third kappa shape index (κ3) is 5.24. The normalized spacial score (nSPS) is 10.6. The zero-order valence-electron chi connectivity index (χ0n) is 15.9. The van der Waals surface area contributed by atoms with E-state index in [1.807, 2.05) is 54.6 Å². The topological polar surface area (TPSA) is 88.0 Å². The average molecular weight is 391 g/mol. The molecule has 0 aliphatic heterocycles. The van der Waals surface area contributed by atoms with Gasteiger partial charge in [-0.25, -0.2) is 19.9 Å². The highest BCUT2D eigenvalue weighted by atomic mass is 15.2. The summed E-state index contributed by atoms with van der Waals surface area (Å²) in [5.74, 6) is 7.94. The van der Waals surface area contributed by atoms with Crippen LogP contribution in [0.5, 0.6) is 0 Å². The van der Waals surface area contributed by atoms with Crippen LogP contribution in [-0.4, -0.2) is 25.9 Å². The van der Waals surface area contributed by atoms with E-state index in [4.69, 9.17) is 0 Å². The summed E-state index contributed by atoms with van der Waals surface area (Å²) >= 11 is 0. The molecule has 0 saturated carbocycles. The van der Waals surface area contributed by atoms with Gasteiger partial charge in [0.15, 0.2) is 5.82 Å². The van der Waals surface area contributed by atoms with Crippen LogP contribution in [0, 0.1) is 11.8 Å². The summed E-state index contributed by atoms with van der Waals surface area (Å²) in [4.78, 5) is 20.8. The third-order valence-corrected chi connectivity index (χ3v) is 3.92. The fraction of sp³-hybridized carbons (Fsp3) is 0. The summed E-state index contributed by atoms with van der Waals surface area (Å²) in [6.07, 6.45) is 6.19. The molecule has 144 valence electrons. The first-order valence-corrected chi connectivity index (χ1v) is 9.18. The number of nitrogens with zero attached hydrogens (tertiary/aromatic N) is 5. The van der Waals surface area contributed by atoms with Gasteiger partial charge in [-0.1, -0.05) is 42.2 Å². The quantitative estimate of drug-likeness (QED) is 0.313. The molecule has 0 fully saturated rings. The van der Waals surface area contributed by atoms with Crippen molar-refractivity contribution >= 4 is 23.3 Å². The van der Waals surface area contributed by atoms with E-state index < -0.39 is 0 Å². The molecule has 0 atom stereocenters. The maximum Gasteiger partial charge on any atom is 0.208 e. The van der Waals surface area contributed by atoms with E-state index in [-0.39, 0.29) is 0 Å². The Hall–Kier alpha value is -4.57. The highest BCUT2D eigenvalue weighted by Gasteiger charge is 2.06. The fourth-order valence-electron chi connectivity index (χ4n) is 2.53. The molecule has 2 heterocycles. The predicted octanol–water partition coefficient (Wildman–Crippen LogP) is 3.88. The lowest BCUT2D eigenvalue weighted by Gasteiger charge is -2.13. The Balaban J connectivity index is 1.65. The number of nitrogens with one attached hydrogen (secondary N) is 2. The third-order valence-electron chi connectivity index (χ3n) is 3.92. The summed E-state index contributed by atoms with van der Waals surface area (Å²) in [5.41, 5.74) is 2.58. The first-order chi connectivity index (χ1) is 14.9. The SMILES string of the molecule is C(#Cc1ccccc1NC(=Nc1ccncn1)Nc1ccncn1)c1ccccc1. The maximum absolute atomic E-state index is 4.54. The van der Waals surface area contributed by atoms with E-state index in [9.17, 15) is 0 Å². The van der Waals surface area contributed by atoms with Gasteiger partial charge in [0.05, 0.1) is 5.69 Å². The summed E-state index contributed by atoms with van der Waals surface area (Å²) in [6, 6.07) is 21.1. The molecule has 2 N–H and O–H groups in total. The molecule has 0 bridgehead atoms. The minimum atomic E-state index is 0.446. The Morgan fingerprint density at radius 3 is 2.27 bits per heavy atom. The van der Waals surface area contributed by atoms with E-state index in [0.717, 1.165) is 16.8 Å². The molecule has 4 aromatic rings. The van der Waals surface area contributed by atoms with Crippen LogP contribution in [-0.2, 0) is 0 Å². The smallest absolute Gasteiger partial charge is 0.208 e. The Labute approximate surface area is 174 Å². The number of para-hydroxylation sites is 1. The van der Waals surface area contributed by atoms with Crippen molar-refractivity contribution < 1.29 is 0 Å². The van der Waals surface area contributed by atoms with Crippen LogP contribution in [0.4, 0.5) is 17.3 Å². The summed E-state index contributed by atoms with van der Waals surface area (Å²) < 4.78 is 0. The highest BCUT2D eigenvalue weighted by Crippen LogP contribution is 2.16.